The van der Waals surface area contributed by atoms with Gasteiger partial charge < -0.3 is 16.0 Å². The topological polar surface area (TPSA) is 118 Å². The van der Waals surface area contributed by atoms with Crippen molar-refractivity contribution in [2.24, 2.45) is 16.6 Å². The van der Waals surface area contributed by atoms with Crippen LogP contribution < -0.4 is 11.1 Å². The van der Waals surface area contributed by atoms with E-state index in [1.165, 1.54) is 4.88 Å². The summed E-state index contributed by atoms with van der Waals surface area (Å²) in [4.78, 5) is 34.3. The second-order valence-electron chi connectivity index (χ2n) is 10.2. The number of nitrogens with two attached hydrogens (primary N) is 1. The molecule has 1 atom stereocenters. The summed E-state index contributed by atoms with van der Waals surface area (Å²) in [5.74, 6) is 1.41. The van der Waals surface area contributed by atoms with Crippen molar-refractivity contribution in [3.63, 3.8) is 0 Å². The third kappa shape index (κ3) is 5.50. The Kier molecular flexibility index (Phi) is 8.16. The molecule has 5 rings (SSSR count). The summed E-state index contributed by atoms with van der Waals surface area (Å²) in [7, 11) is 0. The minimum absolute atomic E-state index is 0.00607. The minimum atomic E-state index is -0.499. The van der Waals surface area contributed by atoms with Crippen molar-refractivity contribution < 1.29 is 9.59 Å². The Morgan fingerprint density at radius 2 is 1.85 bits per heavy atom. The maximum Gasteiger partial charge on any atom is 0.225 e. The van der Waals surface area contributed by atoms with Crippen LogP contribution in [0.4, 0.5) is 0 Å². The number of halogens is 1. The molecule has 0 aliphatic carbocycles. The molecule has 4 heterocycles. The number of nitrogens with zero attached hydrogens (tertiary/aromatic N) is 5. The van der Waals surface area contributed by atoms with E-state index in [1.54, 1.807) is 11.3 Å². The van der Waals surface area contributed by atoms with Crippen LogP contribution in [-0.4, -0.2) is 63.4 Å². The molecule has 1 fully saturated rings. The van der Waals surface area contributed by atoms with Crippen molar-refractivity contribution in [3.05, 3.63) is 62.5 Å². The second-order valence-corrected chi connectivity index (χ2v) is 11.8. The molecule has 1 aromatic carbocycles. The Balaban J connectivity index is 1.42. The summed E-state index contributed by atoms with van der Waals surface area (Å²) < 4.78 is 2.06. The third-order valence-electron chi connectivity index (χ3n) is 7.62. The van der Waals surface area contributed by atoms with Gasteiger partial charge in [-0.3, -0.25) is 19.1 Å². The summed E-state index contributed by atoms with van der Waals surface area (Å²) in [6.45, 7) is 8.39. The molecule has 1 saturated heterocycles. The van der Waals surface area contributed by atoms with Crippen molar-refractivity contribution in [2.75, 3.05) is 26.2 Å². The van der Waals surface area contributed by atoms with Gasteiger partial charge in [0.1, 0.15) is 16.9 Å². The summed E-state index contributed by atoms with van der Waals surface area (Å²) in [6, 6.07) is 7.17. The summed E-state index contributed by atoms with van der Waals surface area (Å²) in [5, 5.41) is 13.5. The quantitative estimate of drug-likeness (QED) is 0.420. The van der Waals surface area contributed by atoms with E-state index in [1.807, 2.05) is 36.1 Å². The molecule has 3 aromatic rings. The molecule has 39 heavy (non-hydrogen) atoms. The maximum absolute atomic E-state index is 13.6. The van der Waals surface area contributed by atoms with Crippen LogP contribution in [0.1, 0.15) is 64.9 Å². The lowest BCUT2D eigenvalue weighted by atomic mass is 9.95. The molecule has 11 heteroatoms. The van der Waals surface area contributed by atoms with Crippen LogP contribution in [0.5, 0.6) is 0 Å². The van der Waals surface area contributed by atoms with Crippen molar-refractivity contribution in [1.29, 1.82) is 0 Å². The van der Waals surface area contributed by atoms with Crippen molar-refractivity contribution in [2.45, 2.75) is 52.5 Å². The highest BCUT2D eigenvalue weighted by molar-refractivity contribution is 7.15. The van der Waals surface area contributed by atoms with E-state index in [2.05, 4.69) is 33.9 Å². The number of piperidine rings is 1. The zero-order valence-electron chi connectivity index (χ0n) is 22.5. The first kappa shape index (κ1) is 27.5. The van der Waals surface area contributed by atoms with Gasteiger partial charge in [0.2, 0.25) is 11.8 Å². The Hall–Kier alpha value is -3.08. The third-order valence-corrected chi connectivity index (χ3v) is 9.07. The Morgan fingerprint density at radius 1 is 1.13 bits per heavy atom. The van der Waals surface area contributed by atoms with Crippen LogP contribution in [0.2, 0.25) is 5.02 Å². The average Bonchev–Trinajstić information content (AvgIpc) is 3.41. The Morgan fingerprint density at radius 3 is 2.54 bits per heavy atom. The van der Waals surface area contributed by atoms with Gasteiger partial charge in [0.15, 0.2) is 5.82 Å². The Labute approximate surface area is 237 Å². The number of aliphatic imine (C=N–C) groups is 1. The molecule has 0 saturated carbocycles. The number of fused-ring (bicyclic) bond motifs is 3. The Bertz CT molecular complexity index is 1400. The fraction of sp³-hybridized carbons (Fsp3) is 0.464. The van der Waals surface area contributed by atoms with Crippen LogP contribution in [0.3, 0.4) is 0 Å². The molecule has 0 bridgehead atoms. The first-order valence-electron chi connectivity index (χ1n) is 13.4. The minimum Gasteiger partial charge on any atom is -0.356 e. The van der Waals surface area contributed by atoms with E-state index in [9.17, 15) is 9.59 Å². The van der Waals surface area contributed by atoms with Crippen LogP contribution in [0, 0.1) is 26.7 Å². The lowest BCUT2D eigenvalue weighted by Gasteiger charge is -2.32. The van der Waals surface area contributed by atoms with Crippen molar-refractivity contribution >= 4 is 40.5 Å². The number of aryl methyl sites for hydroxylation is 2. The molecule has 2 aliphatic heterocycles. The monoisotopic (exact) mass is 567 g/mol. The lowest BCUT2D eigenvalue weighted by Crippen LogP contribution is -2.43. The lowest BCUT2D eigenvalue weighted by molar-refractivity contribution is -0.136. The second kappa shape index (κ2) is 11.6. The van der Waals surface area contributed by atoms with Crippen molar-refractivity contribution in [1.82, 2.24) is 25.0 Å². The zero-order valence-corrected chi connectivity index (χ0v) is 24.1. The number of thiophene rings is 1. The van der Waals surface area contributed by atoms with Gasteiger partial charge in [-0.1, -0.05) is 23.7 Å². The van der Waals surface area contributed by atoms with E-state index in [4.69, 9.17) is 22.3 Å². The molecular formula is C28H34ClN7O2S. The van der Waals surface area contributed by atoms with Gasteiger partial charge in [-0.05, 0) is 64.3 Å². The van der Waals surface area contributed by atoms with Gasteiger partial charge in [0.05, 0.1) is 12.1 Å². The number of aromatic nitrogens is 3. The number of likely N-dealkylation sites (tertiary alicyclic amines) is 1. The van der Waals surface area contributed by atoms with E-state index >= 15 is 0 Å². The maximum atomic E-state index is 13.6. The van der Waals surface area contributed by atoms with E-state index in [0.29, 0.717) is 49.9 Å². The highest BCUT2D eigenvalue weighted by atomic mass is 35.5. The van der Waals surface area contributed by atoms with Crippen molar-refractivity contribution in [3.8, 4) is 5.00 Å². The SMILES string of the molecule is Cc1sc2c(c1C)C(c1ccc(Cl)cc1)=NC(CC(=O)N1CCC(C(=O)NCCCN)CC1)c1nnc(C)n1-2. The van der Waals surface area contributed by atoms with Gasteiger partial charge in [0, 0.05) is 46.6 Å². The van der Waals surface area contributed by atoms with Gasteiger partial charge in [0.25, 0.3) is 0 Å². The van der Waals surface area contributed by atoms with Gasteiger partial charge in [-0.25, -0.2) is 0 Å². The summed E-state index contributed by atoms with van der Waals surface area (Å²) >= 11 is 7.89. The summed E-state index contributed by atoms with van der Waals surface area (Å²) in [5.41, 5.74) is 9.49. The molecular weight excluding hydrogens is 534 g/mol. The average molecular weight is 568 g/mol. The number of benzene rings is 1. The standard InChI is InChI=1S/C28H34ClN7O2S/c1-16-17(2)39-28-24(16)25(19-5-7-21(29)8-6-19)32-22(26-34-33-18(3)36(26)28)15-23(37)35-13-9-20(10-14-35)27(38)31-12-4-11-30/h5-8,20,22H,4,9-15,30H2,1-3H3,(H,31,38). The fourth-order valence-corrected chi connectivity index (χ4v) is 6.62. The van der Waals surface area contributed by atoms with Gasteiger partial charge in [-0.2, -0.15) is 0 Å². The normalized spacial score (nSPS) is 17.3. The van der Waals surface area contributed by atoms with Gasteiger partial charge >= 0.3 is 0 Å². The molecule has 9 nitrogen and oxygen atoms in total. The number of nitrogens with one attached hydrogen (secondary N) is 1. The summed E-state index contributed by atoms with van der Waals surface area (Å²) in [6.07, 6.45) is 2.23. The highest BCUT2D eigenvalue weighted by Gasteiger charge is 2.34. The smallest absolute Gasteiger partial charge is 0.225 e. The highest BCUT2D eigenvalue weighted by Crippen LogP contribution is 2.39. The zero-order chi connectivity index (χ0) is 27.7. The van der Waals surface area contributed by atoms with Crippen LogP contribution in [0.25, 0.3) is 5.00 Å². The number of hydrogen-bond acceptors (Lipinski definition) is 7. The predicted octanol–water partition coefficient (Wildman–Crippen LogP) is 3.89. The molecule has 0 spiro atoms. The van der Waals surface area contributed by atoms with Crippen LogP contribution in [0.15, 0.2) is 29.3 Å². The number of carbonyl (C=O) groups excluding carboxylic acids is 2. The first-order chi connectivity index (χ1) is 18.8. The molecule has 0 radical (unpaired) electrons. The predicted molar refractivity (Wildman–Crippen MR) is 154 cm³/mol. The number of carbonyl (C=O) groups is 2. The number of rotatable bonds is 7. The molecule has 1 unspecified atom stereocenters. The molecule has 206 valence electrons. The fourth-order valence-electron chi connectivity index (χ4n) is 5.28. The van der Waals surface area contributed by atoms with Crippen LogP contribution >= 0.6 is 22.9 Å². The van der Waals surface area contributed by atoms with E-state index in [-0.39, 0.29) is 24.2 Å². The molecule has 2 aromatic heterocycles. The van der Waals surface area contributed by atoms with E-state index < -0.39 is 6.04 Å². The van der Waals surface area contributed by atoms with Crippen LogP contribution in [-0.2, 0) is 9.59 Å². The number of hydrogen-bond donors (Lipinski definition) is 2. The molecule has 2 aliphatic rings. The van der Waals surface area contributed by atoms with E-state index in [0.717, 1.165) is 39.6 Å². The molecule has 2 amide bonds. The van der Waals surface area contributed by atoms with Gasteiger partial charge in [-0.15, -0.1) is 21.5 Å². The first-order valence-corrected chi connectivity index (χ1v) is 14.6. The number of amides is 2. The largest absolute Gasteiger partial charge is 0.356 e. The molecule has 3 N–H and O–H groups in total.